The standard InChI is InChI=1S/C13H25N/c1-12(2,3)8-9-14-10-13(6-7-13)11-4-5-11/h11,14H,4-10H2,1-3H3. The lowest BCUT2D eigenvalue weighted by Crippen LogP contribution is -2.28. The van der Waals surface area contributed by atoms with Crippen LogP contribution in [0.2, 0.25) is 0 Å². The lowest BCUT2D eigenvalue weighted by atomic mass is 9.92. The van der Waals surface area contributed by atoms with Crippen molar-refractivity contribution in [1.82, 2.24) is 5.32 Å². The van der Waals surface area contributed by atoms with Crippen LogP contribution in [0.15, 0.2) is 0 Å². The summed E-state index contributed by atoms with van der Waals surface area (Å²) in [6.45, 7) is 9.47. The van der Waals surface area contributed by atoms with Crippen LogP contribution in [0, 0.1) is 16.7 Å². The van der Waals surface area contributed by atoms with E-state index in [0.29, 0.717) is 5.41 Å². The largest absolute Gasteiger partial charge is 0.316 e. The van der Waals surface area contributed by atoms with Gasteiger partial charge in [0.25, 0.3) is 0 Å². The topological polar surface area (TPSA) is 12.0 Å². The van der Waals surface area contributed by atoms with Gasteiger partial charge >= 0.3 is 0 Å². The van der Waals surface area contributed by atoms with Gasteiger partial charge in [0.2, 0.25) is 0 Å². The van der Waals surface area contributed by atoms with E-state index in [1.807, 2.05) is 0 Å². The minimum absolute atomic E-state index is 0.489. The Bertz CT molecular complexity index is 194. The molecule has 1 N–H and O–H groups in total. The summed E-state index contributed by atoms with van der Waals surface area (Å²) in [5.74, 6) is 1.10. The molecule has 2 aliphatic rings. The van der Waals surface area contributed by atoms with E-state index in [0.717, 1.165) is 11.3 Å². The zero-order chi connectivity index (χ0) is 10.2. The van der Waals surface area contributed by atoms with Crippen molar-refractivity contribution in [2.24, 2.45) is 16.7 Å². The van der Waals surface area contributed by atoms with Gasteiger partial charge in [-0.2, -0.15) is 0 Å². The van der Waals surface area contributed by atoms with Gasteiger partial charge in [-0.25, -0.2) is 0 Å². The third-order valence-electron chi connectivity index (χ3n) is 3.86. The van der Waals surface area contributed by atoms with E-state index in [-0.39, 0.29) is 0 Å². The van der Waals surface area contributed by atoms with E-state index in [2.05, 4.69) is 26.1 Å². The maximum Gasteiger partial charge on any atom is 0.00105 e. The first-order valence-electron chi connectivity index (χ1n) is 6.23. The summed E-state index contributed by atoms with van der Waals surface area (Å²) in [5, 5.41) is 3.67. The summed E-state index contributed by atoms with van der Waals surface area (Å²) in [6.07, 6.45) is 7.33. The van der Waals surface area contributed by atoms with E-state index in [4.69, 9.17) is 0 Å². The van der Waals surface area contributed by atoms with Crippen LogP contribution in [0.3, 0.4) is 0 Å². The summed E-state index contributed by atoms with van der Waals surface area (Å²) >= 11 is 0. The molecule has 0 amide bonds. The number of rotatable bonds is 5. The molecule has 2 fully saturated rings. The zero-order valence-electron chi connectivity index (χ0n) is 10.0. The second-order valence-corrected chi connectivity index (χ2v) is 6.62. The molecule has 2 aliphatic carbocycles. The smallest absolute Gasteiger partial charge is 0.00105 e. The first-order valence-corrected chi connectivity index (χ1v) is 6.23. The third-order valence-corrected chi connectivity index (χ3v) is 3.86. The van der Waals surface area contributed by atoms with E-state index in [9.17, 15) is 0 Å². The van der Waals surface area contributed by atoms with Gasteiger partial charge in [-0.1, -0.05) is 20.8 Å². The number of nitrogens with one attached hydrogen (secondary N) is 1. The van der Waals surface area contributed by atoms with Gasteiger partial charge in [0.15, 0.2) is 0 Å². The predicted octanol–water partition coefficient (Wildman–Crippen LogP) is 3.20. The van der Waals surface area contributed by atoms with Crippen molar-refractivity contribution in [3.63, 3.8) is 0 Å². The van der Waals surface area contributed by atoms with Crippen molar-refractivity contribution in [3.05, 3.63) is 0 Å². The van der Waals surface area contributed by atoms with Gasteiger partial charge < -0.3 is 5.32 Å². The summed E-state index contributed by atoms with van der Waals surface area (Å²) in [6, 6.07) is 0. The maximum atomic E-state index is 3.67. The Morgan fingerprint density at radius 2 is 1.86 bits per heavy atom. The normalized spacial score (nSPS) is 25.1. The number of hydrogen-bond donors (Lipinski definition) is 1. The molecule has 14 heavy (non-hydrogen) atoms. The molecule has 1 nitrogen and oxygen atoms in total. The van der Waals surface area contributed by atoms with Crippen molar-refractivity contribution in [1.29, 1.82) is 0 Å². The van der Waals surface area contributed by atoms with Gasteiger partial charge in [0.1, 0.15) is 0 Å². The minimum Gasteiger partial charge on any atom is -0.316 e. The zero-order valence-corrected chi connectivity index (χ0v) is 10.0. The average Bonchev–Trinajstić information content (AvgIpc) is 2.87. The van der Waals surface area contributed by atoms with E-state index < -0.39 is 0 Å². The second-order valence-electron chi connectivity index (χ2n) is 6.62. The summed E-state index contributed by atoms with van der Waals surface area (Å²) < 4.78 is 0. The maximum absolute atomic E-state index is 3.67. The van der Waals surface area contributed by atoms with Gasteiger partial charge in [-0.3, -0.25) is 0 Å². The predicted molar refractivity (Wildman–Crippen MR) is 61.3 cm³/mol. The van der Waals surface area contributed by atoms with Gasteiger partial charge in [0, 0.05) is 6.54 Å². The SMILES string of the molecule is CC(C)(C)CCNCC1(C2CC2)CC1. The molecular weight excluding hydrogens is 170 g/mol. The fraction of sp³-hybridized carbons (Fsp3) is 1.00. The van der Waals surface area contributed by atoms with Crippen LogP contribution < -0.4 is 5.32 Å². The average molecular weight is 195 g/mol. The molecule has 0 saturated heterocycles. The summed E-state index contributed by atoms with van der Waals surface area (Å²) in [7, 11) is 0. The van der Waals surface area contributed by atoms with Crippen LogP contribution in [-0.2, 0) is 0 Å². The molecule has 0 heterocycles. The summed E-state index contributed by atoms with van der Waals surface area (Å²) in [5.41, 5.74) is 1.27. The quantitative estimate of drug-likeness (QED) is 0.664. The van der Waals surface area contributed by atoms with Gasteiger partial charge in [-0.05, 0) is 55.4 Å². The highest BCUT2D eigenvalue weighted by atomic mass is 14.9. The lowest BCUT2D eigenvalue weighted by molar-refractivity contribution is 0.342. The Labute approximate surface area is 88.7 Å². The van der Waals surface area contributed by atoms with Crippen LogP contribution in [0.25, 0.3) is 0 Å². The monoisotopic (exact) mass is 195 g/mol. The van der Waals surface area contributed by atoms with E-state index >= 15 is 0 Å². The van der Waals surface area contributed by atoms with Gasteiger partial charge in [0.05, 0.1) is 0 Å². The Morgan fingerprint density at radius 1 is 1.21 bits per heavy atom. The van der Waals surface area contributed by atoms with E-state index in [1.165, 1.54) is 45.2 Å². The third kappa shape index (κ3) is 2.73. The molecule has 1 heteroatoms. The van der Waals surface area contributed by atoms with E-state index in [1.54, 1.807) is 0 Å². The van der Waals surface area contributed by atoms with Crippen molar-refractivity contribution < 1.29 is 0 Å². The van der Waals surface area contributed by atoms with Crippen molar-refractivity contribution in [2.45, 2.75) is 52.9 Å². The van der Waals surface area contributed by atoms with Crippen LogP contribution in [0.5, 0.6) is 0 Å². The molecule has 0 radical (unpaired) electrons. The molecule has 82 valence electrons. The highest BCUT2D eigenvalue weighted by Gasteiger charge is 2.53. The molecule has 0 aromatic heterocycles. The molecule has 0 spiro atoms. The van der Waals surface area contributed by atoms with Gasteiger partial charge in [-0.15, -0.1) is 0 Å². The molecule has 0 aliphatic heterocycles. The molecule has 2 saturated carbocycles. The molecule has 0 aromatic carbocycles. The molecule has 2 rings (SSSR count). The fourth-order valence-electron chi connectivity index (χ4n) is 2.39. The Morgan fingerprint density at radius 3 is 2.29 bits per heavy atom. The highest BCUT2D eigenvalue weighted by molar-refractivity contribution is 5.04. The van der Waals surface area contributed by atoms with Crippen LogP contribution >= 0.6 is 0 Å². The molecule has 0 unspecified atom stereocenters. The second kappa shape index (κ2) is 3.52. The van der Waals surface area contributed by atoms with Crippen molar-refractivity contribution >= 4 is 0 Å². The first-order chi connectivity index (χ1) is 6.52. The molecule has 0 atom stereocenters. The minimum atomic E-state index is 0.489. The molecule has 0 bridgehead atoms. The number of hydrogen-bond acceptors (Lipinski definition) is 1. The van der Waals surface area contributed by atoms with Crippen LogP contribution in [-0.4, -0.2) is 13.1 Å². The Balaban J connectivity index is 1.59. The highest BCUT2D eigenvalue weighted by Crippen LogP contribution is 2.60. The van der Waals surface area contributed by atoms with Crippen LogP contribution in [0.1, 0.15) is 52.9 Å². The van der Waals surface area contributed by atoms with Crippen molar-refractivity contribution in [2.75, 3.05) is 13.1 Å². The van der Waals surface area contributed by atoms with Crippen molar-refractivity contribution in [3.8, 4) is 0 Å². The molecule has 0 aromatic rings. The Kier molecular flexibility index (Phi) is 2.63. The van der Waals surface area contributed by atoms with Crippen LogP contribution in [0.4, 0.5) is 0 Å². The first kappa shape index (κ1) is 10.5. The molecular formula is C13H25N. The summed E-state index contributed by atoms with van der Waals surface area (Å²) in [4.78, 5) is 0. The fourth-order valence-corrected chi connectivity index (χ4v) is 2.39. The Hall–Kier alpha value is -0.0400. The lowest BCUT2D eigenvalue weighted by Gasteiger charge is -2.20.